The fourth-order valence-electron chi connectivity index (χ4n) is 4.07. The Balaban J connectivity index is 1.33. The van der Waals surface area contributed by atoms with Crippen LogP contribution in [-0.4, -0.2) is 60.6 Å². The van der Waals surface area contributed by atoms with Gasteiger partial charge in [-0.2, -0.15) is 9.40 Å². The molecule has 1 aliphatic heterocycles. The second-order valence-corrected chi connectivity index (χ2v) is 10.1. The molecular formula is C24H28N4O4S. The lowest BCUT2D eigenvalue weighted by molar-refractivity contribution is -0.135. The Kier molecular flexibility index (Phi) is 6.80. The van der Waals surface area contributed by atoms with Crippen LogP contribution in [0.5, 0.6) is 5.75 Å². The molecule has 0 N–H and O–H groups in total. The zero-order chi connectivity index (χ0) is 23.4. The van der Waals surface area contributed by atoms with Crippen LogP contribution in [-0.2, 0) is 21.4 Å². The van der Waals surface area contributed by atoms with Crippen LogP contribution in [0, 0.1) is 5.92 Å². The Hall–Kier alpha value is -3.17. The highest BCUT2D eigenvalue weighted by Crippen LogP contribution is 2.26. The summed E-state index contributed by atoms with van der Waals surface area (Å²) in [5.41, 5.74) is 1.90. The monoisotopic (exact) mass is 468 g/mol. The number of piperidine rings is 1. The average Bonchev–Trinajstić information content (AvgIpc) is 3.32. The van der Waals surface area contributed by atoms with Gasteiger partial charge in [0.15, 0.2) is 0 Å². The molecule has 1 saturated heterocycles. The van der Waals surface area contributed by atoms with Crippen molar-refractivity contribution in [3.63, 3.8) is 0 Å². The largest absolute Gasteiger partial charge is 0.497 e. The van der Waals surface area contributed by atoms with Crippen molar-refractivity contribution in [2.75, 3.05) is 27.2 Å². The predicted octanol–water partition coefficient (Wildman–Crippen LogP) is 2.94. The Labute approximate surface area is 194 Å². The molecule has 0 spiro atoms. The third-order valence-corrected chi connectivity index (χ3v) is 7.87. The maximum absolute atomic E-state index is 13.0. The molecule has 174 valence electrons. The normalized spacial score (nSPS) is 15.3. The molecule has 4 rings (SSSR count). The standard InChI is InChI=1S/C24H28N4O4S/c1-26(17-19-16-25-28(18-19)21-6-4-3-5-7-21)24(29)20-12-14-27(15-13-20)33(30,31)23-10-8-22(32-2)9-11-23/h3-11,16,18,20H,12-15,17H2,1-2H3. The van der Waals surface area contributed by atoms with E-state index < -0.39 is 10.0 Å². The fraction of sp³-hybridized carbons (Fsp3) is 0.333. The summed E-state index contributed by atoms with van der Waals surface area (Å²) in [4.78, 5) is 14.9. The highest BCUT2D eigenvalue weighted by atomic mass is 32.2. The summed E-state index contributed by atoms with van der Waals surface area (Å²) in [6, 6.07) is 16.2. The molecule has 8 nitrogen and oxygen atoms in total. The summed E-state index contributed by atoms with van der Waals surface area (Å²) in [6.07, 6.45) is 4.69. The maximum Gasteiger partial charge on any atom is 0.243 e. The molecule has 3 aromatic rings. The number of hydrogen-bond donors (Lipinski definition) is 0. The molecule has 0 aliphatic carbocycles. The van der Waals surface area contributed by atoms with Gasteiger partial charge in [0.25, 0.3) is 0 Å². The first-order valence-corrected chi connectivity index (χ1v) is 12.3. The van der Waals surface area contributed by atoms with E-state index in [2.05, 4.69) is 5.10 Å². The van der Waals surface area contributed by atoms with Gasteiger partial charge < -0.3 is 9.64 Å². The number of hydrogen-bond acceptors (Lipinski definition) is 5. The summed E-state index contributed by atoms with van der Waals surface area (Å²) in [5, 5.41) is 4.39. The minimum absolute atomic E-state index is 0.0314. The molecule has 0 unspecified atom stereocenters. The van der Waals surface area contributed by atoms with Crippen LogP contribution in [0.2, 0.25) is 0 Å². The lowest BCUT2D eigenvalue weighted by Crippen LogP contribution is -2.43. The number of nitrogens with zero attached hydrogens (tertiary/aromatic N) is 4. The molecule has 0 atom stereocenters. The summed E-state index contributed by atoms with van der Waals surface area (Å²) >= 11 is 0. The number of benzene rings is 2. The Bertz CT molecular complexity index is 1180. The average molecular weight is 469 g/mol. The van der Waals surface area contributed by atoms with Crippen LogP contribution in [0.25, 0.3) is 5.69 Å². The molecule has 1 aromatic heterocycles. The molecular weight excluding hydrogens is 440 g/mol. The van der Waals surface area contributed by atoms with Gasteiger partial charge in [-0.25, -0.2) is 13.1 Å². The zero-order valence-corrected chi connectivity index (χ0v) is 19.6. The minimum Gasteiger partial charge on any atom is -0.497 e. The van der Waals surface area contributed by atoms with E-state index in [9.17, 15) is 13.2 Å². The van der Waals surface area contributed by atoms with Crippen molar-refractivity contribution in [1.82, 2.24) is 19.0 Å². The van der Waals surface area contributed by atoms with E-state index in [0.29, 0.717) is 38.2 Å². The van der Waals surface area contributed by atoms with Gasteiger partial charge in [0.2, 0.25) is 15.9 Å². The molecule has 1 amide bonds. The van der Waals surface area contributed by atoms with Crippen LogP contribution in [0.4, 0.5) is 0 Å². The number of aromatic nitrogens is 2. The number of para-hydroxylation sites is 1. The van der Waals surface area contributed by atoms with Gasteiger partial charge >= 0.3 is 0 Å². The maximum atomic E-state index is 13.0. The molecule has 0 saturated carbocycles. The van der Waals surface area contributed by atoms with Gasteiger partial charge in [-0.05, 0) is 49.2 Å². The molecule has 1 fully saturated rings. The number of carbonyl (C=O) groups excluding carboxylic acids is 1. The van der Waals surface area contributed by atoms with Crippen molar-refractivity contribution in [2.24, 2.45) is 5.92 Å². The van der Waals surface area contributed by atoms with E-state index in [-0.39, 0.29) is 16.7 Å². The summed E-state index contributed by atoms with van der Waals surface area (Å²) in [7, 11) is -0.267. The summed E-state index contributed by atoms with van der Waals surface area (Å²) in [6.45, 7) is 1.10. The number of carbonyl (C=O) groups is 1. The van der Waals surface area contributed by atoms with Gasteiger partial charge in [0.1, 0.15) is 5.75 Å². The van der Waals surface area contributed by atoms with Crippen molar-refractivity contribution < 1.29 is 17.9 Å². The van der Waals surface area contributed by atoms with Gasteiger partial charge in [0, 0.05) is 44.4 Å². The summed E-state index contributed by atoms with van der Waals surface area (Å²) in [5.74, 6) is 0.445. The Morgan fingerprint density at radius 1 is 1.09 bits per heavy atom. The first-order chi connectivity index (χ1) is 15.9. The number of methoxy groups -OCH3 is 1. The van der Waals surface area contributed by atoms with Crippen LogP contribution < -0.4 is 4.74 Å². The number of rotatable bonds is 7. The highest BCUT2D eigenvalue weighted by molar-refractivity contribution is 7.89. The van der Waals surface area contributed by atoms with Crippen LogP contribution in [0.3, 0.4) is 0 Å². The van der Waals surface area contributed by atoms with Crippen molar-refractivity contribution in [2.45, 2.75) is 24.3 Å². The minimum atomic E-state index is -3.59. The van der Waals surface area contributed by atoms with Crippen LogP contribution in [0.15, 0.2) is 71.9 Å². The van der Waals surface area contributed by atoms with Crippen LogP contribution in [0.1, 0.15) is 18.4 Å². The second kappa shape index (κ2) is 9.76. The van der Waals surface area contributed by atoms with Crippen molar-refractivity contribution in [1.29, 1.82) is 0 Å². The SMILES string of the molecule is COc1ccc(S(=O)(=O)N2CCC(C(=O)N(C)Cc3cnn(-c4ccccc4)c3)CC2)cc1. The molecule has 0 radical (unpaired) electrons. The van der Waals surface area contributed by atoms with E-state index in [4.69, 9.17) is 4.74 Å². The first-order valence-electron chi connectivity index (χ1n) is 10.9. The number of ether oxygens (including phenoxy) is 1. The Morgan fingerprint density at radius 2 is 1.76 bits per heavy atom. The van der Waals surface area contributed by atoms with E-state index in [1.807, 2.05) is 36.5 Å². The number of amides is 1. The quantitative estimate of drug-likeness (QED) is 0.532. The van der Waals surface area contributed by atoms with Gasteiger partial charge in [-0.3, -0.25) is 4.79 Å². The van der Waals surface area contributed by atoms with E-state index in [0.717, 1.165) is 11.3 Å². The molecule has 1 aliphatic rings. The third kappa shape index (κ3) is 5.09. The molecule has 33 heavy (non-hydrogen) atoms. The molecule has 2 heterocycles. The van der Waals surface area contributed by atoms with E-state index >= 15 is 0 Å². The highest BCUT2D eigenvalue weighted by Gasteiger charge is 2.33. The number of sulfonamides is 1. The van der Waals surface area contributed by atoms with Crippen molar-refractivity contribution in [3.8, 4) is 11.4 Å². The molecule has 2 aromatic carbocycles. The summed E-state index contributed by atoms with van der Waals surface area (Å²) < 4.78 is 34.2. The van der Waals surface area contributed by atoms with Crippen LogP contribution >= 0.6 is 0 Å². The topological polar surface area (TPSA) is 84.7 Å². The van der Waals surface area contributed by atoms with Gasteiger partial charge in [-0.15, -0.1) is 0 Å². The first kappa shape index (κ1) is 23.0. The van der Waals surface area contributed by atoms with Crippen molar-refractivity contribution >= 4 is 15.9 Å². The third-order valence-electron chi connectivity index (χ3n) is 5.95. The zero-order valence-electron chi connectivity index (χ0n) is 18.8. The lowest BCUT2D eigenvalue weighted by Gasteiger charge is -2.32. The Morgan fingerprint density at radius 3 is 2.39 bits per heavy atom. The predicted molar refractivity (Wildman–Crippen MR) is 125 cm³/mol. The van der Waals surface area contributed by atoms with E-state index in [1.54, 1.807) is 47.1 Å². The van der Waals surface area contributed by atoms with Crippen molar-refractivity contribution in [3.05, 3.63) is 72.6 Å². The van der Waals surface area contributed by atoms with Gasteiger partial charge in [0.05, 0.1) is 23.9 Å². The second-order valence-electron chi connectivity index (χ2n) is 8.18. The van der Waals surface area contributed by atoms with Gasteiger partial charge in [-0.1, -0.05) is 18.2 Å². The lowest BCUT2D eigenvalue weighted by atomic mass is 9.96. The van der Waals surface area contributed by atoms with E-state index in [1.165, 1.54) is 11.4 Å². The molecule has 9 heteroatoms. The smallest absolute Gasteiger partial charge is 0.243 e. The fourth-order valence-corrected chi connectivity index (χ4v) is 5.54. The molecule has 0 bridgehead atoms.